The Bertz CT molecular complexity index is 1160. The number of anilines is 1. The minimum absolute atomic E-state index is 0.00379. The van der Waals surface area contributed by atoms with Crippen LogP contribution in [0.5, 0.6) is 11.5 Å². The van der Waals surface area contributed by atoms with Gasteiger partial charge in [-0.1, -0.05) is 6.07 Å². The van der Waals surface area contributed by atoms with Gasteiger partial charge in [0.05, 0.1) is 6.26 Å². The zero-order valence-corrected chi connectivity index (χ0v) is 16.5. The smallest absolute Gasteiger partial charge is 0.291 e. The zero-order chi connectivity index (χ0) is 21.8. The molecule has 31 heavy (non-hydrogen) atoms. The van der Waals surface area contributed by atoms with Crippen molar-refractivity contribution in [2.45, 2.75) is 6.92 Å². The lowest BCUT2D eigenvalue weighted by atomic mass is 10.1. The fraction of sp³-hybridized carbons (Fsp3) is 0.0870. The van der Waals surface area contributed by atoms with Gasteiger partial charge < -0.3 is 24.5 Å². The second-order valence-electron chi connectivity index (χ2n) is 6.69. The first-order chi connectivity index (χ1) is 15.0. The second kappa shape index (κ2) is 8.58. The monoisotopic (exact) mass is 418 g/mol. The molecule has 0 atom stereocenters. The molecular formula is C23H18N2O6. The fourth-order valence-electron chi connectivity index (χ4n) is 2.91. The molecule has 1 aromatic heterocycles. The van der Waals surface area contributed by atoms with E-state index < -0.39 is 11.8 Å². The van der Waals surface area contributed by atoms with E-state index in [1.54, 1.807) is 48.5 Å². The summed E-state index contributed by atoms with van der Waals surface area (Å²) in [6.07, 6.45) is 2.88. The second-order valence-corrected chi connectivity index (χ2v) is 6.69. The number of carbonyl (C=O) groups excluding carboxylic acids is 3. The molecule has 4 rings (SSSR count). The molecule has 0 radical (unpaired) electrons. The lowest BCUT2D eigenvalue weighted by Gasteiger charge is -2.11. The maximum atomic E-state index is 12.9. The lowest BCUT2D eigenvalue weighted by Crippen LogP contribution is -2.30. The van der Waals surface area contributed by atoms with Crippen LogP contribution in [0.15, 0.2) is 71.0 Å². The number of ether oxygens (including phenoxy) is 2. The van der Waals surface area contributed by atoms with E-state index in [0.29, 0.717) is 28.3 Å². The van der Waals surface area contributed by atoms with E-state index in [1.807, 2.05) is 0 Å². The quantitative estimate of drug-likeness (QED) is 0.468. The molecule has 0 aliphatic carbocycles. The van der Waals surface area contributed by atoms with Crippen LogP contribution in [0.2, 0.25) is 0 Å². The summed E-state index contributed by atoms with van der Waals surface area (Å²) in [7, 11) is 0. The van der Waals surface area contributed by atoms with Gasteiger partial charge in [-0.2, -0.15) is 0 Å². The summed E-state index contributed by atoms with van der Waals surface area (Å²) in [5.41, 5.74) is 1.62. The average molecular weight is 418 g/mol. The molecule has 8 nitrogen and oxygen atoms in total. The highest BCUT2D eigenvalue weighted by molar-refractivity contribution is 6.10. The van der Waals surface area contributed by atoms with Crippen molar-refractivity contribution < 1.29 is 28.3 Å². The molecule has 1 aliphatic rings. The van der Waals surface area contributed by atoms with Gasteiger partial charge >= 0.3 is 0 Å². The van der Waals surface area contributed by atoms with E-state index in [9.17, 15) is 14.4 Å². The molecular weight excluding hydrogens is 400 g/mol. The predicted molar refractivity (Wildman–Crippen MR) is 112 cm³/mol. The van der Waals surface area contributed by atoms with E-state index in [-0.39, 0.29) is 24.0 Å². The Kier molecular flexibility index (Phi) is 5.53. The van der Waals surface area contributed by atoms with Crippen LogP contribution >= 0.6 is 0 Å². The third-order valence-corrected chi connectivity index (χ3v) is 4.49. The Hall–Kier alpha value is -4.33. The van der Waals surface area contributed by atoms with Gasteiger partial charge in [0, 0.05) is 11.3 Å². The molecule has 2 N–H and O–H groups in total. The molecule has 2 heterocycles. The number of hydrogen-bond donors (Lipinski definition) is 2. The molecule has 0 saturated carbocycles. The van der Waals surface area contributed by atoms with Crippen LogP contribution in [0, 0.1) is 0 Å². The van der Waals surface area contributed by atoms with E-state index in [0.717, 1.165) is 0 Å². The summed E-state index contributed by atoms with van der Waals surface area (Å²) < 4.78 is 15.8. The number of fused-ring (bicyclic) bond motifs is 1. The Morgan fingerprint density at radius 2 is 1.74 bits per heavy atom. The molecule has 0 fully saturated rings. The number of rotatable bonds is 6. The molecule has 3 aromatic rings. The van der Waals surface area contributed by atoms with Crippen LogP contribution in [-0.4, -0.2) is 24.4 Å². The summed E-state index contributed by atoms with van der Waals surface area (Å²) >= 11 is 0. The number of Topliss-reactive ketones (excluding diaryl/α,β-unsaturated/α-hetero) is 1. The third kappa shape index (κ3) is 4.64. The van der Waals surface area contributed by atoms with Crippen molar-refractivity contribution in [3.63, 3.8) is 0 Å². The fourth-order valence-corrected chi connectivity index (χ4v) is 2.91. The molecule has 8 heteroatoms. The largest absolute Gasteiger partial charge is 0.459 e. The molecule has 2 amide bonds. The summed E-state index contributed by atoms with van der Waals surface area (Å²) in [5.74, 6) is 0.0217. The summed E-state index contributed by atoms with van der Waals surface area (Å²) in [4.78, 5) is 36.8. The van der Waals surface area contributed by atoms with E-state index in [1.165, 1.54) is 25.3 Å². The van der Waals surface area contributed by atoms with Crippen LogP contribution < -0.4 is 20.1 Å². The van der Waals surface area contributed by atoms with E-state index in [2.05, 4.69) is 10.6 Å². The number of carbonyl (C=O) groups is 3. The topological polar surface area (TPSA) is 107 Å². The van der Waals surface area contributed by atoms with Crippen molar-refractivity contribution in [2.24, 2.45) is 0 Å². The number of hydrogen-bond acceptors (Lipinski definition) is 6. The normalized spacial score (nSPS) is 12.4. The first-order valence-corrected chi connectivity index (χ1v) is 9.38. The van der Waals surface area contributed by atoms with Crippen molar-refractivity contribution in [1.82, 2.24) is 5.32 Å². The molecule has 0 spiro atoms. The van der Waals surface area contributed by atoms with Crippen LogP contribution in [0.3, 0.4) is 0 Å². The predicted octanol–water partition coefficient (Wildman–Crippen LogP) is 3.62. The molecule has 0 unspecified atom stereocenters. The highest BCUT2D eigenvalue weighted by atomic mass is 16.7. The van der Waals surface area contributed by atoms with Crippen molar-refractivity contribution >= 4 is 29.4 Å². The van der Waals surface area contributed by atoms with Crippen molar-refractivity contribution in [2.75, 3.05) is 12.1 Å². The standard InChI is InChI=1S/C23H18N2O6/c1-14(26)16-5-7-17(8-6-16)24-22(27)18(25-23(28)20-3-2-10-29-20)11-15-4-9-19-21(12-15)31-13-30-19/h2-12H,13H2,1H3,(H,24,27)(H,25,28)/b18-11+. The molecule has 2 aromatic carbocycles. The molecule has 1 aliphatic heterocycles. The summed E-state index contributed by atoms with van der Waals surface area (Å²) in [6.45, 7) is 1.59. The SMILES string of the molecule is CC(=O)c1ccc(NC(=O)/C(=C\c2ccc3c(c2)OCO3)NC(=O)c2ccco2)cc1. The van der Waals surface area contributed by atoms with Crippen LogP contribution in [0.25, 0.3) is 6.08 Å². The summed E-state index contributed by atoms with van der Waals surface area (Å²) in [6, 6.07) is 14.7. The van der Waals surface area contributed by atoms with Gasteiger partial charge in [0.2, 0.25) is 6.79 Å². The molecule has 0 saturated heterocycles. The Labute approximate surface area is 177 Å². The highest BCUT2D eigenvalue weighted by Crippen LogP contribution is 2.33. The van der Waals surface area contributed by atoms with Gasteiger partial charge in [0.25, 0.3) is 11.8 Å². The van der Waals surface area contributed by atoms with E-state index >= 15 is 0 Å². The Balaban J connectivity index is 1.60. The van der Waals surface area contributed by atoms with Gasteiger partial charge in [-0.3, -0.25) is 14.4 Å². The van der Waals surface area contributed by atoms with E-state index in [4.69, 9.17) is 13.9 Å². The van der Waals surface area contributed by atoms with Gasteiger partial charge in [-0.15, -0.1) is 0 Å². The van der Waals surface area contributed by atoms with Gasteiger partial charge in [0.15, 0.2) is 23.0 Å². The van der Waals surface area contributed by atoms with Crippen LogP contribution in [0.1, 0.15) is 33.4 Å². The number of furan rings is 1. The minimum atomic E-state index is -0.570. The average Bonchev–Trinajstić information content (AvgIpc) is 3.45. The Morgan fingerprint density at radius 1 is 0.968 bits per heavy atom. The maximum Gasteiger partial charge on any atom is 0.291 e. The number of nitrogens with one attached hydrogen (secondary N) is 2. The molecule has 156 valence electrons. The number of benzene rings is 2. The lowest BCUT2D eigenvalue weighted by molar-refractivity contribution is -0.113. The number of amides is 2. The first kappa shape index (κ1) is 20.0. The van der Waals surface area contributed by atoms with Crippen molar-refractivity contribution in [3.8, 4) is 11.5 Å². The van der Waals surface area contributed by atoms with Crippen molar-refractivity contribution in [3.05, 3.63) is 83.4 Å². The number of ketones is 1. The van der Waals surface area contributed by atoms with Crippen molar-refractivity contribution in [1.29, 1.82) is 0 Å². The van der Waals surface area contributed by atoms with Gasteiger partial charge in [0.1, 0.15) is 5.70 Å². The van der Waals surface area contributed by atoms with Crippen LogP contribution in [-0.2, 0) is 4.79 Å². The summed E-state index contributed by atoms with van der Waals surface area (Å²) in [5, 5.41) is 5.29. The third-order valence-electron chi connectivity index (χ3n) is 4.49. The minimum Gasteiger partial charge on any atom is -0.459 e. The van der Waals surface area contributed by atoms with Crippen LogP contribution in [0.4, 0.5) is 5.69 Å². The maximum absolute atomic E-state index is 12.9. The van der Waals surface area contributed by atoms with Gasteiger partial charge in [-0.25, -0.2) is 0 Å². The highest BCUT2D eigenvalue weighted by Gasteiger charge is 2.18. The van der Waals surface area contributed by atoms with Gasteiger partial charge in [-0.05, 0) is 67.1 Å². The first-order valence-electron chi connectivity index (χ1n) is 9.38. The zero-order valence-electron chi connectivity index (χ0n) is 16.5. The Morgan fingerprint density at radius 3 is 2.45 bits per heavy atom. The molecule has 0 bridgehead atoms.